The molecule has 0 atom stereocenters. The summed E-state index contributed by atoms with van der Waals surface area (Å²) in [5.41, 5.74) is 6.58. The molecule has 0 unspecified atom stereocenters. The maximum absolute atomic E-state index is 8.06. The van der Waals surface area contributed by atoms with Crippen LogP contribution in [0.2, 0.25) is 0 Å². The van der Waals surface area contributed by atoms with Crippen LogP contribution in [0.4, 0.5) is 5.69 Å². The van der Waals surface area contributed by atoms with Gasteiger partial charge in [-0.05, 0) is 41.5 Å². The first-order valence-electron chi connectivity index (χ1n) is 10.7. The van der Waals surface area contributed by atoms with E-state index in [9.17, 15) is 0 Å². The molecule has 31 heavy (non-hydrogen) atoms. The quantitative estimate of drug-likeness (QED) is 0.498. The summed E-state index contributed by atoms with van der Waals surface area (Å²) in [6.07, 6.45) is 0. The van der Waals surface area contributed by atoms with Crippen LogP contribution in [0.3, 0.4) is 0 Å². The minimum absolute atomic E-state index is 0.450. The summed E-state index contributed by atoms with van der Waals surface area (Å²) in [6.45, 7) is 4.48. The van der Waals surface area contributed by atoms with Crippen LogP contribution in [0.15, 0.2) is 65.1 Å². The van der Waals surface area contributed by atoms with E-state index in [1.54, 1.807) is 6.07 Å². The molecule has 1 saturated heterocycles. The molecule has 3 aliphatic rings. The third kappa shape index (κ3) is 3.94. The highest BCUT2D eigenvalue weighted by atomic mass is 16.5. The van der Waals surface area contributed by atoms with E-state index in [0.29, 0.717) is 5.36 Å². The van der Waals surface area contributed by atoms with Crippen molar-refractivity contribution in [2.24, 2.45) is 0 Å². The number of anilines is 1. The molecule has 0 aromatic heterocycles. The molecule has 0 amide bonds. The largest absolute Gasteiger partial charge is 0.456 e. The lowest BCUT2D eigenvalue weighted by molar-refractivity contribution is 0.0342. The van der Waals surface area contributed by atoms with E-state index >= 15 is 0 Å². The van der Waals surface area contributed by atoms with E-state index in [4.69, 9.17) is 14.6 Å². The van der Waals surface area contributed by atoms with Gasteiger partial charge in [0.25, 0.3) is 0 Å². The summed E-state index contributed by atoms with van der Waals surface area (Å²) in [6, 6.07) is 20.8. The Hall–Kier alpha value is -3.15. The van der Waals surface area contributed by atoms with Crippen LogP contribution in [-0.2, 0) is 11.3 Å². The molecular weight excluding hydrogens is 386 g/mol. The van der Waals surface area contributed by atoms with E-state index in [0.717, 1.165) is 66.4 Å². The second-order valence-electron chi connectivity index (χ2n) is 8.35. The molecule has 5 nitrogen and oxygen atoms in total. The second-order valence-corrected chi connectivity index (χ2v) is 8.35. The van der Waals surface area contributed by atoms with Crippen molar-refractivity contribution in [1.29, 1.82) is 5.41 Å². The van der Waals surface area contributed by atoms with Crippen LogP contribution < -0.4 is 10.3 Å². The third-order valence-electron chi connectivity index (χ3n) is 5.95. The number of nitrogens with one attached hydrogen (secondary N) is 1. The first-order valence-corrected chi connectivity index (χ1v) is 10.7. The molecule has 2 heterocycles. The van der Waals surface area contributed by atoms with Crippen molar-refractivity contribution in [3.63, 3.8) is 0 Å². The summed E-state index contributed by atoms with van der Waals surface area (Å²) in [5, 5.41) is 9.60. The predicted octanol–water partition coefficient (Wildman–Crippen LogP) is 4.58. The van der Waals surface area contributed by atoms with E-state index < -0.39 is 0 Å². The van der Waals surface area contributed by atoms with Gasteiger partial charge in [-0.1, -0.05) is 18.2 Å². The third-order valence-corrected chi connectivity index (χ3v) is 5.95. The first-order chi connectivity index (χ1) is 15.1. The van der Waals surface area contributed by atoms with Crippen molar-refractivity contribution in [2.45, 2.75) is 6.54 Å². The molecule has 158 valence electrons. The zero-order valence-electron chi connectivity index (χ0n) is 18.0. The Morgan fingerprint density at radius 1 is 0.968 bits per heavy atom. The Morgan fingerprint density at radius 2 is 1.81 bits per heavy atom. The lowest BCUT2D eigenvalue weighted by Crippen LogP contribution is -2.35. The maximum atomic E-state index is 8.06. The number of fused-ring (bicyclic) bond motifs is 2. The van der Waals surface area contributed by atoms with Gasteiger partial charge in [-0.2, -0.15) is 0 Å². The Balaban J connectivity index is 1.67. The van der Waals surface area contributed by atoms with Crippen molar-refractivity contribution >= 4 is 16.7 Å². The van der Waals surface area contributed by atoms with Gasteiger partial charge in [0.1, 0.15) is 11.3 Å². The zero-order chi connectivity index (χ0) is 21.4. The van der Waals surface area contributed by atoms with Crippen molar-refractivity contribution in [2.75, 3.05) is 45.3 Å². The average Bonchev–Trinajstić information content (AvgIpc) is 2.77. The van der Waals surface area contributed by atoms with Crippen molar-refractivity contribution in [3.05, 3.63) is 71.6 Å². The lowest BCUT2D eigenvalue weighted by atomic mass is 9.92. The monoisotopic (exact) mass is 413 g/mol. The number of hydrogen-bond donors (Lipinski definition) is 1. The molecule has 2 aromatic rings. The van der Waals surface area contributed by atoms with Crippen LogP contribution >= 0.6 is 0 Å². The molecule has 0 radical (unpaired) electrons. The Kier molecular flexibility index (Phi) is 5.22. The number of nitrogens with zero attached hydrogens (tertiary/aromatic N) is 2. The van der Waals surface area contributed by atoms with Crippen LogP contribution in [0, 0.1) is 5.41 Å². The standard InChI is InChI=1S/C26H27N3O2/c1-28(2)21-7-9-23-25(16-21)31-24-15-20(27)6-8-22(24)26(23)19-5-3-4-18(14-19)17-29-10-12-30-13-11-29/h3-9,14-16,27H,10-13,17H2,1-2H3. The molecule has 0 bridgehead atoms. The Bertz CT molecular complexity index is 1260. The number of morpholine rings is 1. The van der Waals surface area contributed by atoms with Gasteiger partial charge in [0, 0.05) is 68.1 Å². The van der Waals surface area contributed by atoms with Gasteiger partial charge in [0.15, 0.2) is 0 Å². The summed E-state index contributed by atoms with van der Waals surface area (Å²) < 4.78 is 11.8. The molecule has 5 rings (SSSR count). The van der Waals surface area contributed by atoms with Gasteiger partial charge in [-0.3, -0.25) is 4.90 Å². The molecule has 0 saturated carbocycles. The summed E-state index contributed by atoms with van der Waals surface area (Å²) in [5.74, 6) is 0.740. The number of hydrogen-bond acceptors (Lipinski definition) is 5. The minimum Gasteiger partial charge on any atom is -0.456 e. The van der Waals surface area contributed by atoms with E-state index in [1.165, 1.54) is 11.1 Å². The summed E-state index contributed by atoms with van der Waals surface area (Å²) >= 11 is 0. The number of ether oxygens (including phenoxy) is 1. The fourth-order valence-electron chi connectivity index (χ4n) is 4.31. The van der Waals surface area contributed by atoms with Crippen molar-refractivity contribution in [1.82, 2.24) is 4.90 Å². The Labute approximate surface area is 182 Å². The average molecular weight is 414 g/mol. The smallest absolute Gasteiger partial charge is 0.137 e. The lowest BCUT2D eigenvalue weighted by Gasteiger charge is -2.26. The van der Waals surface area contributed by atoms with Crippen molar-refractivity contribution < 1.29 is 9.15 Å². The summed E-state index contributed by atoms with van der Waals surface area (Å²) in [4.78, 5) is 4.51. The highest BCUT2D eigenvalue weighted by Gasteiger charge is 2.18. The second kappa shape index (κ2) is 8.17. The molecular formula is C26H27N3O2. The number of benzene rings is 3. The minimum atomic E-state index is 0.450. The van der Waals surface area contributed by atoms with Gasteiger partial charge >= 0.3 is 0 Å². The molecule has 1 fully saturated rings. The van der Waals surface area contributed by atoms with E-state index in [2.05, 4.69) is 52.3 Å². The fraction of sp³-hybridized carbons (Fsp3) is 0.269. The topological polar surface area (TPSA) is 52.7 Å². The SMILES string of the molecule is CN(C)c1ccc2c(-c3cccc(CN4CCOCC4)c3)c3ccc(=N)cc-3oc2c1. The van der Waals surface area contributed by atoms with Gasteiger partial charge < -0.3 is 19.5 Å². The Morgan fingerprint density at radius 3 is 2.61 bits per heavy atom. The molecule has 5 heteroatoms. The van der Waals surface area contributed by atoms with Crippen LogP contribution in [0.5, 0.6) is 0 Å². The van der Waals surface area contributed by atoms with Gasteiger partial charge in [-0.25, -0.2) is 0 Å². The normalized spacial score (nSPS) is 14.9. The predicted molar refractivity (Wildman–Crippen MR) is 125 cm³/mol. The highest BCUT2D eigenvalue weighted by Crippen LogP contribution is 2.40. The van der Waals surface area contributed by atoms with E-state index in [1.807, 2.05) is 26.2 Å². The molecule has 0 spiro atoms. The van der Waals surface area contributed by atoms with Crippen LogP contribution in [-0.4, -0.2) is 45.3 Å². The molecule has 2 aromatic carbocycles. The first kappa shape index (κ1) is 19.8. The zero-order valence-corrected chi connectivity index (χ0v) is 18.0. The van der Waals surface area contributed by atoms with Gasteiger partial charge in [0.2, 0.25) is 0 Å². The van der Waals surface area contributed by atoms with Crippen molar-refractivity contribution in [3.8, 4) is 22.5 Å². The summed E-state index contributed by atoms with van der Waals surface area (Å²) in [7, 11) is 4.06. The maximum Gasteiger partial charge on any atom is 0.137 e. The fourth-order valence-corrected chi connectivity index (χ4v) is 4.31. The van der Waals surface area contributed by atoms with Crippen LogP contribution in [0.25, 0.3) is 33.4 Å². The highest BCUT2D eigenvalue weighted by molar-refractivity contribution is 6.02. The van der Waals surface area contributed by atoms with Crippen LogP contribution in [0.1, 0.15) is 5.56 Å². The van der Waals surface area contributed by atoms with Gasteiger partial charge in [-0.15, -0.1) is 0 Å². The molecule has 1 N–H and O–H groups in total. The molecule has 2 aliphatic heterocycles. The van der Waals surface area contributed by atoms with Gasteiger partial charge in [0.05, 0.1) is 18.6 Å². The molecule has 1 aliphatic carbocycles. The number of rotatable bonds is 4. The van der Waals surface area contributed by atoms with E-state index in [-0.39, 0.29) is 0 Å².